The zero-order valence-corrected chi connectivity index (χ0v) is 18.2. The second kappa shape index (κ2) is 10.5. The molecule has 29 heavy (non-hydrogen) atoms. The van der Waals surface area contributed by atoms with Crippen LogP contribution in [0.3, 0.4) is 0 Å². The van der Waals surface area contributed by atoms with Crippen molar-refractivity contribution in [1.82, 2.24) is 15.2 Å². The first-order valence-corrected chi connectivity index (χ1v) is 9.68. The van der Waals surface area contributed by atoms with Crippen molar-refractivity contribution in [3.63, 3.8) is 0 Å². The van der Waals surface area contributed by atoms with Crippen molar-refractivity contribution in [1.29, 1.82) is 0 Å². The number of anilines is 2. The summed E-state index contributed by atoms with van der Waals surface area (Å²) in [6.45, 7) is 2.93. The van der Waals surface area contributed by atoms with Crippen molar-refractivity contribution in [2.24, 2.45) is 4.99 Å². The molecule has 0 spiro atoms. The number of fused-ring (bicyclic) bond motifs is 2. The number of methoxy groups -OCH3 is 1. The van der Waals surface area contributed by atoms with Crippen molar-refractivity contribution in [3.8, 4) is 0 Å². The maximum Gasteiger partial charge on any atom is 0.289 e. The number of halogens is 4. The number of thiazole rings is 1. The molecule has 11 heteroatoms. The van der Waals surface area contributed by atoms with Gasteiger partial charge in [-0.05, 0) is 18.6 Å². The van der Waals surface area contributed by atoms with Crippen molar-refractivity contribution < 1.29 is 13.5 Å². The topological polar surface area (TPSA) is 61.8 Å². The largest absolute Gasteiger partial charge is 0.385 e. The number of benzene rings is 1. The summed E-state index contributed by atoms with van der Waals surface area (Å²) < 4.78 is 31.7. The van der Waals surface area contributed by atoms with E-state index in [1.165, 1.54) is 0 Å². The third-order valence-corrected chi connectivity index (χ3v) is 5.62. The van der Waals surface area contributed by atoms with Gasteiger partial charge in [0.1, 0.15) is 10.7 Å². The van der Waals surface area contributed by atoms with Crippen LogP contribution < -0.4 is 10.6 Å². The number of ether oxygens (including phenoxy) is 1. The van der Waals surface area contributed by atoms with Crippen LogP contribution in [0.2, 0.25) is 0 Å². The lowest BCUT2D eigenvalue weighted by atomic mass is 10.1. The average Bonchev–Trinajstić information content (AvgIpc) is 3.03. The Morgan fingerprint density at radius 1 is 1.31 bits per heavy atom. The Bertz CT molecular complexity index is 851. The van der Waals surface area contributed by atoms with Gasteiger partial charge in [-0.2, -0.15) is 0 Å². The molecule has 6 nitrogen and oxygen atoms in total. The zero-order chi connectivity index (χ0) is 18.8. The molecule has 0 bridgehead atoms. The molecule has 0 radical (unpaired) electrons. The molecule has 2 aliphatic heterocycles. The number of amidine groups is 1. The number of piperazine rings is 1. The smallest absolute Gasteiger partial charge is 0.289 e. The monoisotopic (exact) mass is 465 g/mol. The number of rotatable bonds is 4. The maximum absolute atomic E-state index is 13.3. The molecule has 1 fully saturated rings. The SMILES string of the molecule is COCC[C@H]1CN(C2=Nc3ccccc3Nc3sc(C(F)F)nc32)CCN1.Cl.Cl. The summed E-state index contributed by atoms with van der Waals surface area (Å²) in [5.41, 5.74) is 2.08. The van der Waals surface area contributed by atoms with Gasteiger partial charge in [0.25, 0.3) is 6.43 Å². The lowest BCUT2D eigenvalue weighted by molar-refractivity contribution is 0.151. The van der Waals surface area contributed by atoms with Crippen LogP contribution >= 0.6 is 36.2 Å². The van der Waals surface area contributed by atoms with Crippen LogP contribution in [-0.4, -0.2) is 55.1 Å². The van der Waals surface area contributed by atoms with Gasteiger partial charge in [0, 0.05) is 39.4 Å². The van der Waals surface area contributed by atoms with Crippen LogP contribution in [0.4, 0.5) is 25.2 Å². The van der Waals surface area contributed by atoms with Crippen LogP contribution in [0.15, 0.2) is 29.3 Å². The van der Waals surface area contributed by atoms with Gasteiger partial charge in [-0.3, -0.25) is 0 Å². The minimum atomic E-state index is -2.60. The molecule has 2 aliphatic rings. The molecule has 1 aromatic heterocycles. The zero-order valence-electron chi connectivity index (χ0n) is 15.7. The Balaban J connectivity index is 0.00000150. The number of nitrogens with one attached hydrogen (secondary N) is 2. The predicted molar refractivity (Wildman–Crippen MR) is 117 cm³/mol. The number of hydrogen-bond donors (Lipinski definition) is 2. The highest BCUT2D eigenvalue weighted by atomic mass is 35.5. The highest BCUT2D eigenvalue weighted by Gasteiger charge is 2.30. The van der Waals surface area contributed by atoms with Crippen LogP contribution in [0.25, 0.3) is 0 Å². The fraction of sp³-hybridized carbons (Fsp3) is 0.444. The van der Waals surface area contributed by atoms with Gasteiger partial charge >= 0.3 is 0 Å². The summed E-state index contributed by atoms with van der Waals surface area (Å²) in [7, 11) is 1.69. The van der Waals surface area contributed by atoms with E-state index < -0.39 is 6.43 Å². The average molecular weight is 466 g/mol. The molecule has 0 aliphatic carbocycles. The second-order valence-corrected chi connectivity index (χ2v) is 7.52. The van der Waals surface area contributed by atoms with E-state index in [1.54, 1.807) is 7.11 Å². The van der Waals surface area contributed by atoms with E-state index in [9.17, 15) is 8.78 Å². The third kappa shape index (κ3) is 5.16. The summed E-state index contributed by atoms with van der Waals surface area (Å²) in [5.74, 6) is 0.648. The van der Waals surface area contributed by atoms with Gasteiger partial charge in [0.2, 0.25) is 0 Å². The van der Waals surface area contributed by atoms with Gasteiger partial charge < -0.3 is 20.3 Å². The molecule has 4 rings (SSSR count). The standard InChI is InChI=1S/C18H21F2N5OS.2ClH/c1-26-9-6-11-10-25(8-7-21-11)16-14-17(27-18(24-14)15(19)20)23-13-5-3-2-4-12(13)22-16;;/h2-5,11,15,21,23H,6-10H2,1H3;2*1H/t11-;;/m0../s1. The lowest BCUT2D eigenvalue weighted by Gasteiger charge is -2.35. The van der Waals surface area contributed by atoms with E-state index in [4.69, 9.17) is 9.73 Å². The second-order valence-electron chi connectivity index (χ2n) is 6.49. The Kier molecular flexibility index (Phi) is 8.59. The highest BCUT2D eigenvalue weighted by molar-refractivity contribution is 7.16. The molecular weight excluding hydrogens is 443 g/mol. The minimum absolute atomic E-state index is 0. The molecule has 2 N–H and O–H groups in total. The lowest BCUT2D eigenvalue weighted by Crippen LogP contribution is -2.53. The molecule has 1 saturated heterocycles. The fourth-order valence-electron chi connectivity index (χ4n) is 3.32. The summed E-state index contributed by atoms with van der Waals surface area (Å²) in [5, 5.41) is 7.14. The summed E-state index contributed by atoms with van der Waals surface area (Å²) in [6.07, 6.45) is -1.72. The van der Waals surface area contributed by atoms with E-state index >= 15 is 0 Å². The first kappa shape index (κ1) is 23.8. The molecule has 3 heterocycles. The van der Waals surface area contributed by atoms with Crippen molar-refractivity contribution in [2.75, 3.05) is 38.7 Å². The normalized spacial score (nSPS) is 17.9. The Morgan fingerprint density at radius 3 is 2.86 bits per heavy atom. The quantitative estimate of drug-likeness (QED) is 0.701. The number of aromatic nitrogens is 1. The molecular formula is C18H23Cl2F2N5OS. The van der Waals surface area contributed by atoms with Gasteiger partial charge in [0.05, 0.1) is 11.4 Å². The molecule has 0 amide bonds. The number of hydrogen-bond acceptors (Lipinski definition) is 7. The molecule has 1 atom stereocenters. The summed E-state index contributed by atoms with van der Waals surface area (Å²) in [6, 6.07) is 7.87. The Hall–Kier alpha value is -1.52. The first-order chi connectivity index (χ1) is 13.2. The Morgan fingerprint density at radius 2 is 2.10 bits per heavy atom. The van der Waals surface area contributed by atoms with Gasteiger partial charge in [-0.25, -0.2) is 18.8 Å². The molecule has 160 valence electrons. The summed E-state index contributed by atoms with van der Waals surface area (Å²) in [4.78, 5) is 11.2. The molecule has 2 aromatic rings. The Labute approximate surface area is 184 Å². The van der Waals surface area contributed by atoms with Gasteiger partial charge in [0.15, 0.2) is 10.8 Å². The summed E-state index contributed by atoms with van der Waals surface area (Å²) >= 11 is 0.987. The van der Waals surface area contributed by atoms with E-state index in [0.717, 1.165) is 48.8 Å². The number of para-hydroxylation sites is 2. The van der Waals surface area contributed by atoms with Crippen LogP contribution in [0.1, 0.15) is 23.5 Å². The number of aliphatic imine (C=N–C) groups is 1. The van der Waals surface area contributed by atoms with E-state index in [0.29, 0.717) is 23.1 Å². The predicted octanol–water partition coefficient (Wildman–Crippen LogP) is 4.37. The fourth-order valence-corrected chi connectivity index (χ4v) is 4.15. The number of nitrogens with zero attached hydrogens (tertiary/aromatic N) is 3. The minimum Gasteiger partial charge on any atom is -0.385 e. The van der Waals surface area contributed by atoms with Crippen molar-refractivity contribution >= 4 is 58.4 Å². The third-order valence-electron chi connectivity index (χ3n) is 4.65. The van der Waals surface area contributed by atoms with Gasteiger partial charge in [-0.15, -0.1) is 24.8 Å². The van der Waals surface area contributed by atoms with E-state index in [2.05, 4.69) is 20.5 Å². The van der Waals surface area contributed by atoms with Crippen LogP contribution in [-0.2, 0) is 4.74 Å². The van der Waals surface area contributed by atoms with Crippen molar-refractivity contribution in [2.45, 2.75) is 18.9 Å². The van der Waals surface area contributed by atoms with Crippen LogP contribution in [0.5, 0.6) is 0 Å². The highest BCUT2D eigenvalue weighted by Crippen LogP contribution is 2.39. The van der Waals surface area contributed by atoms with Gasteiger partial charge in [-0.1, -0.05) is 23.5 Å². The molecule has 0 unspecified atom stereocenters. The van der Waals surface area contributed by atoms with E-state index in [1.807, 2.05) is 24.3 Å². The maximum atomic E-state index is 13.3. The number of alkyl halides is 2. The molecule has 1 aromatic carbocycles. The first-order valence-electron chi connectivity index (χ1n) is 8.87. The van der Waals surface area contributed by atoms with E-state index in [-0.39, 0.29) is 35.9 Å². The molecule has 0 saturated carbocycles. The van der Waals surface area contributed by atoms with Crippen molar-refractivity contribution in [3.05, 3.63) is 35.0 Å². The van der Waals surface area contributed by atoms with Crippen LogP contribution in [0, 0.1) is 0 Å².